The minimum absolute atomic E-state index is 0.268. The molecule has 0 aromatic heterocycles. The molecule has 0 radical (unpaired) electrons. The van der Waals surface area contributed by atoms with Crippen molar-refractivity contribution in [1.82, 2.24) is 0 Å². The number of rotatable bonds is 2. The molecule has 0 saturated carbocycles. The quantitative estimate of drug-likeness (QED) is 0.536. The minimum atomic E-state index is 0.268. The first-order valence-corrected chi connectivity index (χ1v) is 9.18. The highest BCUT2D eigenvalue weighted by molar-refractivity contribution is 9.10. The zero-order valence-corrected chi connectivity index (χ0v) is 15.3. The minimum Gasteiger partial charge on any atom is -0.360 e. The Morgan fingerprint density at radius 2 is 1.67 bits per heavy atom. The third-order valence-electron chi connectivity index (χ3n) is 4.80. The van der Waals surface area contributed by atoms with Crippen LogP contribution in [0.25, 0.3) is 0 Å². The monoisotopic (exact) mass is 377 g/mol. The molecular formula is C22H20BrN. The molecule has 3 aromatic carbocycles. The van der Waals surface area contributed by atoms with Gasteiger partial charge in [0.15, 0.2) is 0 Å². The van der Waals surface area contributed by atoms with Crippen molar-refractivity contribution in [3.8, 4) is 0 Å². The first-order chi connectivity index (χ1) is 11.7. The van der Waals surface area contributed by atoms with Crippen LogP contribution < -0.4 is 4.90 Å². The fourth-order valence-electron chi connectivity index (χ4n) is 3.66. The molecule has 0 bridgehead atoms. The van der Waals surface area contributed by atoms with Gasteiger partial charge in [-0.05, 0) is 54.3 Å². The van der Waals surface area contributed by atoms with Gasteiger partial charge in [0, 0.05) is 16.7 Å². The highest BCUT2D eigenvalue weighted by atomic mass is 79.9. The molecule has 0 aliphatic carbocycles. The Labute approximate surface area is 152 Å². The molecule has 1 aliphatic rings. The summed E-state index contributed by atoms with van der Waals surface area (Å²) in [4.78, 5) is 2.53. The summed E-state index contributed by atoms with van der Waals surface area (Å²) >= 11 is 3.56. The lowest BCUT2D eigenvalue weighted by Crippen LogP contribution is -2.36. The standard InChI is InChI=1S/C22H20BrN/c1-16-7-12-21-18(15-16)13-14-24(20-5-3-2-4-6-20)22(21)17-8-10-19(23)11-9-17/h2-12,15,22H,13-14H2,1H3. The van der Waals surface area contributed by atoms with E-state index < -0.39 is 0 Å². The fourth-order valence-corrected chi connectivity index (χ4v) is 3.92. The molecule has 24 heavy (non-hydrogen) atoms. The topological polar surface area (TPSA) is 3.24 Å². The molecule has 0 N–H and O–H groups in total. The number of hydrogen-bond acceptors (Lipinski definition) is 1. The van der Waals surface area contributed by atoms with Gasteiger partial charge in [-0.15, -0.1) is 0 Å². The Kier molecular flexibility index (Phi) is 4.15. The Balaban J connectivity index is 1.86. The van der Waals surface area contributed by atoms with E-state index >= 15 is 0 Å². The maximum atomic E-state index is 3.56. The summed E-state index contributed by atoms with van der Waals surface area (Å²) in [5, 5.41) is 0. The second-order valence-corrected chi connectivity index (χ2v) is 7.35. The van der Waals surface area contributed by atoms with E-state index in [-0.39, 0.29) is 6.04 Å². The highest BCUT2D eigenvalue weighted by Crippen LogP contribution is 2.38. The number of nitrogens with zero attached hydrogens (tertiary/aromatic N) is 1. The largest absolute Gasteiger partial charge is 0.360 e. The Hall–Kier alpha value is -2.06. The van der Waals surface area contributed by atoms with Crippen LogP contribution in [0.15, 0.2) is 77.3 Å². The highest BCUT2D eigenvalue weighted by Gasteiger charge is 2.28. The summed E-state index contributed by atoms with van der Waals surface area (Å²) < 4.78 is 1.12. The van der Waals surface area contributed by atoms with Gasteiger partial charge < -0.3 is 4.90 Å². The van der Waals surface area contributed by atoms with Gasteiger partial charge in [0.25, 0.3) is 0 Å². The summed E-state index contributed by atoms with van der Waals surface area (Å²) in [7, 11) is 0. The van der Waals surface area contributed by atoms with Crippen molar-refractivity contribution in [2.45, 2.75) is 19.4 Å². The van der Waals surface area contributed by atoms with Crippen LogP contribution in [0.3, 0.4) is 0 Å². The van der Waals surface area contributed by atoms with E-state index in [2.05, 4.69) is 101 Å². The molecule has 0 saturated heterocycles. The molecule has 4 rings (SSSR count). The maximum Gasteiger partial charge on any atom is 0.0798 e. The summed E-state index contributed by atoms with van der Waals surface area (Å²) in [6.45, 7) is 3.22. The lowest BCUT2D eigenvalue weighted by molar-refractivity contribution is 0.652. The van der Waals surface area contributed by atoms with Crippen LogP contribution in [0, 0.1) is 6.92 Å². The van der Waals surface area contributed by atoms with Gasteiger partial charge in [-0.2, -0.15) is 0 Å². The van der Waals surface area contributed by atoms with E-state index in [1.165, 1.54) is 27.9 Å². The number of benzene rings is 3. The van der Waals surface area contributed by atoms with Crippen molar-refractivity contribution in [3.05, 3.63) is 99.5 Å². The van der Waals surface area contributed by atoms with Crippen LogP contribution in [-0.4, -0.2) is 6.54 Å². The van der Waals surface area contributed by atoms with Gasteiger partial charge >= 0.3 is 0 Å². The predicted octanol–water partition coefficient (Wildman–Crippen LogP) is 5.91. The van der Waals surface area contributed by atoms with E-state index in [9.17, 15) is 0 Å². The van der Waals surface area contributed by atoms with Crippen LogP contribution >= 0.6 is 15.9 Å². The van der Waals surface area contributed by atoms with Crippen molar-refractivity contribution < 1.29 is 0 Å². The predicted molar refractivity (Wildman–Crippen MR) is 105 cm³/mol. The van der Waals surface area contributed by atoms with Gasteiger partial charge in [0.05, 0.1) is 6.04 Å². The summed E-state index contributed by atoms with van der Waals surface area (Å²) in [5.41, 5.74) is 6.88. The molecule has 1 heterocycles. The van der Waals surface area contributed by atoms with E-state index in [1.54, 1.807) is 0 Å². The van der Waals surface area contributed by atoms with Gasteiger partial charge in [-0.25, -0.2) is 0 Å². The lowest BCUT2D eigenvalue weighted by atomic mass is 9.87. The number of aryl methyl sites for hydroxylation is 1. The van der Waals surface area contributed by atoms with Crippen molar-refractivity contribution >= 4 is 21.6 Å². The second kappa shape index (κ2) is 6.45. The molecule has 120 valence electrons. The molecule has 1 unspecified atom stereocenters. The van der Waals surface area contributed by atoms with Gasteiger partial charge in [0.2, 0.25) is 0 Å². The lowest BCUT2D eigenvalue weighted by Gasteiger charge is -2.39. The van der Waals surface area contributed by atoms with Crippen molar-refractivity contribution in [1.29, 1.82) is 0 Å². The SMILES string of the molecule is Cc1ccc2c(c1)CCN(c1ccccc1)C2c1ccc(Br)cc1. The molecule has 1 aliphatic heterocycles. The summed E-state index contributed by atoms with van der Waals surface area (Å²) in [6, 6.07) is 26.7. The van der Waals surface area contributed by atoms with Gasteiger partial charge in [-0.1, -0.05) is 70.0 Å². The van der Waals surface area contributed by atoms with Crippen LogP contribution in [0.2, 0.25) is 0 Å². The zero-order valence-electron chi connectivity index (χ0n) is 13.7. The van der Waals surface area contributed by atoms with Crippen molar-refractivity contribution in [2.75, 3.05) is 11.4 Å². The van der Waals surface area contributed by atoms with Gasteiger partial charge in [-0.3, -0.25) is 0 Å². The van der Waals surface area contributed by atoms with E-state index in [0.29, 0.717) is 0 Å². The number of anilines is 1. The van der Waals surface area contributed by atoms with Crippen molar-refractivity contribution in [3.63, 3.8) is 0 Å². The Morgan fingerprint density at radius 3 is 2.42 bits per heavy atom. The third kappa shape index (κ3) is 2.87. The van der Waals surface area contributed by atoms with Crippen LogP contribution in [-0.2, 0) is 6.42 Å². The van der Waals surface area contributed by atoms with E-state index in [4.69, 9.17) is 0 Å². The zero-order chi connectivity index (χ0) is 16.5. The van der Waals surface area contributed by atoms with Crippen LogP contribution in [0.5, 0.6) is 0 Å². The third-order valence-corrected chi connectivity index (χ3v) is 5.33. The number of para-hydroxylation sites is 1. The molecule has 0 amide bonds. The smallest absolute Gasteiger partial charge is 0.0798 e. The van der Waals surface area contributed by atoms with Crippen LogP contribution in [0.1, 0.15) is 28.3 Å². The Morgan fingerprint density at radius 1 is 0.917 bits per heavy atom. The summed E-state index contributed by atoms with van der Waals surface area (Å²) in [6.07, 6.45) is 1.10. The average molecular weight is 378 g/mol. The first-order valence-electron chi connectivity index (χ1n) is 8.39. The van der Waals surface area contributed by atoms with Crippen molar-refractivity contribution in [2.24, 2.45) is 0 Å². The average Bonchev–Trinajstić information content (AvgIpc) is 2.62. The molecule has 2 heteroatoms. The molecule has 1 atom stereocenters. The molecule has 0 spiro atoms. The molecule has 0 fully saturated rings. The molecule has 3 aromatic rings. The summed E-state index contributed by atoms with van der Waals surface area (Å²) in [5.74, 6) is 0. The normalized spacial score (nSPS) is 16.8. The fraction of sp³-hybridized carbons (Fsp3) is 0.182. The first kappa shape index (κ1) is 15.5. The number of fused-ring (bicyclic) bond motifs is 1. The molecular weight excluding hydrogens is 358 g/mol. The molecule has 1 nitrogen and oxygen atoms in total. The maximum absolute atomic E-state index is 3.56. The van der Waals surface area contributed by atoms with E-state index in [1.807, 2.05) is 0 Å². The Bertz CT molecular complexity index is 840. The number of halogens is 1. The van der Waals surface area contributed by atoms with E-state index in [0.717, 1.165) is 17.4 Å². The second-order valence-electron chi connectivity index (χ2n) is 6.44. The number of hydrogen-bond donors (Lipinski definition) is 0. The van der Waals surface area contributed by atoms with Gasteiger partial charge in [0.1, 0.15) is 0 Å². The van der Waals surface area contributed by atoms with Crippen LogP contribution in [0.4, 0.5) is 5.69 Å².